The molecule has 0 aliphatic heterocycles. The molecule has 0 radical (unpaired) electrons. The minimum absolute atomic E-state index is 0.123. The first-order chi connectivity index (χ1) is 7.00. The maximum Gasteiger partial charge on any atom is 0.179 e. The predicted octanol–water partition coefficient (Wildman–Crippen LogP) is 1.16. The molecule has 0 atom stereocenters. The van der Waals surface area contributed by atoms with Crippen LogP contribution in [0.4, 0.5) is 0 Å². The summed E-state index contributed by atoms with van der Waals surface area (Å²) in [5.74, 6) is 0.265. The minimum Gasteiger partial charge on any atom is -0.495 e. The molecule has 5 heteroatoms. The van der Waals surface area contributed by atoms with Gasteiger partial charge in [-0.05, 0) is 6.07 Å². The van der Waals surface area contributed by atoms with E-state index in [1.807, 2.05) is 6.07 Å². The fraction of sp³-hybridized carbons (Fsp3) is 0.300. The number of nitrogens with zero attached hydrogens (tertiary/aromatic N) is 1. The summed E-state index contributed by atoms with van der Waals surface area (Å²) >= 11 is 0. The highest BCUT2D eigenvalue weighted by atomic mass is 32.2. The molecule has 1 aromatic rings. The largest absolute Gasteiger partial charge is 0.495 e. The van der Waals surface area contributed by atoms with Gasteiger partial charge in [-0.25, -0.2) is 8.42 Å². The second-order valence-corrected chi connectivity index (χ2v) is 5.04. The topological polar surface area (TPSA) is 67.2 Å². The lowest BCUT2D eigenvalue weighted by molar-refractivity contribution is 0.399. The third-order valence-electron chi connectivity index (χ3n) is 1.93. The maximum atomic E-state index is 11.4. The van der Waals surface area contributed by atoms with Gasteiger partial charge in [0.25, 0.3) is 0 Å². The Hall–Kier alpha value is -1.54. The Kier molecular flexibility index (Phi) is 3.32. The molecule has 0 unspecified atom stereocenters. The van der Waals surface area contributed by atoms with Gasteiger partial charge in [0.2, 0.25) is 0 Å². The van der Waals surface area contributed by atoms with Crippen LogP contribution in [-0.4, -0.2) is 21.8 Å². The van der Waals surface area contributed by atoms with E-state index in [-0.39, 0.29) is 17.1 Å². The molecule has 4 nitrogen and oxygen atoms in total. The number of para-hydroxylation sites is 1. The molecule has 15 heavy (non-hydrogen) atoms. The first kappa shape index (κ1) is 11.5. The van der Waals surface area contributed by atoms with Gasteiger partial charge < -0.3 is 4.74 Å². The average molecular weight is 225 g/mol. The molecule has 0 aliphatic carbocycles. The highest BCUT2D eigenvalue weighted by Gasteiger charge is 2.16. The van der Waals surface area contributed by atoms with Gasteiger partial charge >= 0.3 is 0 Å². The number of sulfone groups is 1. The summed E-state index contributed by atoms with van der Waals surface area (Å²) in [5.41, 5.74) is 0.586. The van der Waals surface area contributed by atoms with Gasteiger partial charge in [0.05, 0.1) is 19.6 Å². The standard InChI is InChI=1S/C10H11NO3S/c1-14-10-8(6-7-11)4-3-5-9(10)15(2,12)13/h3-5H,6H2,1-2H3. The number of rotatable bonds is 3. The monoisotopic (exact) mass is 225 g/mol. The van der Waals surface area contributed by atoms with Crippen LogP contribution in [0, 0.1) is 11.3 Å². The SMILES string of the molecule is COc1c(CC#N)cccc1S(C)(=O)=O. The van der Waals surface area contributed by atoms with E-state index >= 15 is 0 Å². The van der Waals surface area contributed by atoms with Crippen molar-refractivity contribution in [2.45, 2.75) is 11.3 Å². The molecule has 1 aromatic carbocycles. The average Bonchev–Trinajstić information content (AvgIpc) is 2.16. The van der Waals surface area contributed by atoms with Crippen LogP contribution in [0.15, 0.2) is 23.1 Å². The Morgan fingerprint density at radius 2 is 2.13 bits per heavy atom. The van der Waals surface area contributed by atoms with Crippen molar-refractivity contribution in [3.05, 3.63) is 23.8 Å². The van der Waals surface area contributed by atoms with Crippen molar-refractivity contribution >= 4 is 9.84 Å². The lowest BCUT2D eigenvalue weighted by Gasteiger charge is -2.09. The molecule has 0 saturated carbocycles. The predicted molar refractivity (Wildman–Crippen MR) is 55.4 cm³/mol. The Labute approximate surface area is 89.0 Å². The number of benzene rings is 1. The third kappa shape index (κ3) is 2.48. The highest BCUT2D eigenvalue weighted by molar-refractivity contribution is 7.90. The van der Waals surface area contributed by atoms with Crippen LogP contribution in [0.1, 0.15) is 5.56 Å². The Morgan fingerprint density at radius 3 is 2.60 bits per heavy atom. The maximum absolute atomic E-state index is 11.4. The van der Waals surface area contributed by atoms with E-state index in [9.17, 15) is 8.42 Å². The number of ether oxygens (including phenoxy) is 1. The van der Waals surface area contributed by atoms with Crippen molar-refractivity contribution in [2.24, 2.45) is 0 Å². The van der Waals surface area contributed by atoms with Crippen LogP contribution in [0.2, 0.25) is 0 Å². The molecule has 0 bridgehead atoms. The summed E-state index contributed by atoms with van der Waals surface area (Å²) in [4.78, 5) is 0.123. The van der Waals surface area contributed by atoms with Crippen LogP contribution in [0.25, 0.3) is 0 Å². The zero-order valence-corrected chi connectivity index (χ0v) is 9.34. The van der Waals surface area contributed by atoms with Crippen LogP contribution in [-0.2, 0) is 16.3 Å². The zero-order chi connectivity index (χ0) is 11.5. The summed E-state index contributed by atoms with van der Waals surface area (Å²) in [6, 6.07) is 6.71. The molecule has 0 aliphatic rings. The molecule has 1 rings (SSSR count). The van der Waals surface area contributed by atoms with Crippen molar-refractivity contribution in [1.82, 2.24) is 0 Å². The molecule has 0 spiro atoms. The summed E-state index contributed by atoms with van der Waals surface area (Å²) < 4.78 is 27.8. The summed E-state index contributed by atoms with van der Waals surface area (Å²) in [5, 5.41) is 8.58. The van der Waals surface area contributed by atoms with Crippen LogP contribution in [0.5, 0.6) is 5.75 Å². The Bertz CT molecular complexity index is 500. The van der Waals surface area contributed by atoms with Crippen molar-refractivity contribution < 1.29 is 13.2 Å². The molecule has 0 heterocycles. The molecule has 0 saturated heterocycles. The van der Waals surface area contributed by atoms with Gasteiger partial charge in [-0.2, -0.15) is 5.26 Å². The number of nitriles is 1. The summed E-state index contributed by atoms with van der Waals surface area (Å²) in [7, 11) is -1.93. The van der Waals surface area contributed by atoms with Crippen LogP contribution in [0.3, 0.4) is 0 Å². The molecule has 0 fully saturated rings. The normalized spacial score (nSPS) is 10.7. The highest BCUT2D eigenvalue weighted by Crippen LogP contribution is 2.27. The first-order valence-electron chi connectivity index (χ1n) is 4.23. The van der Waals surface area contributed by atoms with Crippen molar-refractivity contribution in [1.29, 1.82) is 5.26 Å². The molecular weight excluding hydrogens is 214 g/mol. The Morgan fingerprint density at radius 1 is 1.47 bits per heavy atom. The van der Waals surface area contributed by atoms with Crippen molar-refractivity contribution in [2.75, 3.05) is 13.4 Å². The van der Waals surface area contributed by atoms with Gasteiger partial charge in [-0.15, -0.1) is 0 Å². The molecule has 80 valence electrons. The van der Waals surface area contributed by atoms with Gasteiger partial charge in [0, 0.05) is 11.8 Å². The van der Waals surface area contributed by atoms with Gasteiger partial charge in [-0.1, -0.05) is 12.1 Å². The van der Waals surface area contributed by atoms with E-state index in [4.69, 9.17) is 10.00 Å². The van der Waals surface area contributed by atoms with E-state index in [2.05, 4.69) is 0 Å². The molecular formula is C10H11NO3S. The molecule has 0 aromatic heterocycles. The zero-order valence-electron chi connectivity index (χ0n) is 8.52. The molecule has 0 N–H and O–H groups in total. The minimum atomic E-state index is -3.32. The number of hydrogen-bond acceptors (Lipinski definition) is 4. The lowest BCUT2D eigenvalue weighted by Crippen LogP contribution is -2.03. The van der Waals surface area contributed by atoms with E-state index < -0.39 is 9.84 Å². The quantitative estimate of drug-likeness (QED) is 0.774. The van der Waals surface area contributed by atoms with Gasteiger partial charge in [0.1, 0.15) is 10.6 Å². The van der Waals surface area contributed by atoms with Crippen molar-refractivity contribution in [3.8, 4) is 11.8 Å². The lowest BCUT2D eigenvalue weighted by atomic mass is 10.1. The second kappa shape index (κ2) is 4.32. The summed E-state index contributed by atoms with van der Waals surface area (Å²) in [6.07, 6.45) is 1.24. The van der Waals surface area contributed by atoms with E-state index in [1.54, 1.807) is 12.1 Å². The fourth-order valence-electron chi connectivity index (χ4n) is 1.31. The number of methoxy groups -OCH3 is 1. The number of hydrogen-bond donors (Lipinski definition) is 0. The van der Waals surface area contributed by atoms with Crippen LogP contribution < -0.4 is 4.74 Å². The molecule has 0 amide bonds. The third-order valence-corrected chi connectivity index (χ3v) is 3.05. The van der Waals surface area contributed by atoms with Gasteiger partial charge in [-0.3, -0.25) is 0 Å². The second-order valence-electron chi connectivity index (χ2n) is 3.06. The van der Waals surface area contributed by atoms with E-state index in [0.29, 0.717) is 5.56 Å². The van der Waals surface area contributed by atoms with Gasteiger partial charge in [0.15, 0.2) is 9.84 Å². The van der Waals surface area contributed by atoms with Crippen molar-refractivity contribution in [3.63, 3.8) is 0 Å². The smallest absolute Gasteiger partial charge is 0.179 e. The summed E-state index contributed by atoms with van der Waals surface area (Å²) in [6.45, 7) is 0. The van der Waals surface area contributed by atoms with E-state index in [1.165, 1.54) is 13.2 Å². The first-order valence-corrected chi connectivity index (χ1v) is 6.12. The van der Waals surface area contributed by atoms with E-state index in [0.717, 1.165) is 6.26 Å². The van der Waals surface area contributed by atoms with Crippen LogP contribution >= 0.6 is 0 Å². The fourth-order valence-corrected chi connectivity index (χ4v) is 2.19. The Balaban J connectivity index is 3.43.